The van der Waals surface area contributed by atoms with Gasteiger partial charge in [0.15, 0.2) is 6.23 Å². The molecule has 4 heterocycles. The Kier molecular flexibility index (Phi) is 7.30. The molecule has 0 aromatic carbocycles. The SMILES string of the molecule is Nc1ccn([C@@H]2O[C@H](CO)[C@@H](O)[C@H]2O)c(=O)[n+]1[C-2]C[n+]1c(N)ccn([C@@H]2O[C@H](CO)[C@@H](O)[C@H]2O)c1=O. The maximum absolute atomic E-state index is 13.1. The summed E-state index contributed by atoms with van der Waals surface area (Å²) in [6, 6.07) is 2.63. The first-order valence-corrected chi connectivity index (χ1v) is 10.9. The van der Waals surface area contributed by atoms with Gasteiger partial charge in [-0.25, -0.2) is 13.9 Å². The van der Waals surface area contributed by atoms with Crippen molar-refractivity contribution in [3.05, 3.63) is 52.0 Å². The van der Waals surface area contributed by atoms with Crippen molar-refractivity contribution in [1.82, 2.24) is 9.13 Å². The van der Waals surface area contributed by atoms with Crippen LogP contribution in [0.3, 0.4) is 0 Å². The van der Waals surface area contributed by atoms with Crippen molar-refractivity contribution in [2.24, 2.45) is 0 Å². The van der Waals surface area contributed by atoms with Crippen LogP contribution in [0.4, 0.5) is 11.6 Å². The molecule has 0 aliphatic carbocycles. The predicted octanol–water partition coefficient (Wildman–Crippen LogP) is -6.44. The van der Waals surface area contributed by atoms with E-state index in [2.05, 4.69) is 6.54 Å². The Hall–Kier alpha value is -3.09. The van der Waals surface area contributed by atoms with Gasteiger partial charge in [-0.05, 0) is 0 Å². The maximum atomic E-state index is 13.1. The number of aliphatic hydroxyl groups is 6. The van der Waals surface area contributed by atoms with Gasteiger partial charge in [0.2, 0.25) is 17.7 Å². The first-order valence-electron chi connectivity index (χ1n) is 10.9. The number of nitrogens with two attached hydrogens (primary N) is 2. The maximum Gasteiger partial charge on any atom is 0.443 e. The van der Waals surface area contributed by atoms with Crippen LogP contribution in [-0.4, -0.2) is 89.6 Å². The molecule has 8 atom stereocenters. The molecule has 2 aliphatic heterocycles. The van der Waals surface area contributed by atoms with Crippen LogP contribution >= 0.6 is 0 Å². The normalized spacial score (nSPS) is 32.2. The van der Waals surface area contributed by atoms with Crippen molar-refractivity contribution in [1.29, 1.82) is 0 Å². The van der Waals surface area contributed by atoms with Crippen LogP contribution in [0.25, 0.3) is 0 Å². The molecule has 0 unspecified atom stereocenters. The first kappa shape index (κ1) is 26.0. The highest BCUT2D eigenvalue weighted by Crippen LogP contribution is 2.29. The van der Waals surface area contributed by atoms with E-state index in [0.717, 1.165) is 18.3 Å². The number of nitrogens with zero attached hydrogens (tertiary/aromatic N) is 4. The van der Waals surface area contributed by atoms with E-state index in [1.807, 2.05) is 0 Å². The predicted molar refractivity (Wildman–Crippen MR) is 115 cm³/mol. The first-order chi connectivity index (χ1) is 17.1. The Morgan fingerprint density at radius 1 is 0.806 bits per heavy atom. The monoisotopic (exact) mass is 512 g/mol. The van der Waals surface area contributed by atoms with Crippen molar-refractivity contribution in [3.63, 3.8) is 0 Å². The van der Waals surface area contributed by atoms with Crippen LogP contribution in [0.15, 0.2) is 34.1 Å². The number of aliphatic hydroxyl groups excluding tert-OH is 6. The highest BCUT2D eigenvalue weighted by molar-refractivity contribution is 5.18. The highest BCUT2D eigenvalue weighted by Gasteiger charge is 2.46. The lowest BCUT2D eigenvalue weighted by Crippen LogP contribution is -2.63. The van der Waals surface area contributed by atoms with Gasteiger partial charge >= 0.3 is 5.69 Å². The number of nitrogen functional groups attached to an aromatic ring is 2. The van der Waals surface area contributed by atoms with Crippen molar-refractivity contribution in [2.75, 3.05) is 24.7 Å². The van der Waals surface area contributed by atoms with E-state index in [1.54, 1.807) is 0 Å². The van der Waals surface area contributed by atoms with Crippen LogP contribution in [0.1, 0.15) is 12.5 Å². The molecule has 0 bridgehead atoms. The number of anilines is 2. The third-order valence-electron chi connectivity index (χ3n) is 6.22. The summed E-state index contributed by atoms with van der Waals surface area (Å²) in [6.07, 6.45) is -8.24. The van der Waals surface area contributed by atoms with Crippen LogP contribution in [0.2, 0.25) is 0 Å². The van der Waals surface area contributed by atoms with E-state index >= 15 is 0 Å². The second-order valence-electron chi connectivity index (χ2n) is 8.40. The van der Waals surface area contributed by atoms with Crippen LogP contribution < -0.4 is 32.0 Å². The summed E-state index contributed by atoms with van der Waals surface area (Å²) in [6.45, 7) is 1.08. The molecule has 2 aromatic rings. The number of hydrogen-bond donors (Lipinski definition) is 8. The second-order valence-corrected chi connectivity index (χ2v) is 8.40. The minimum absolute atomic E-state index is 0.0330. The van der Waals surface area contributed by atoms with E-state index in [4.69, 9.17) is 20.9 Å². The van der Waals surface area contributed by atoms with Crippen LogP contribution in [-0.2, 0) is 16.0 Å². The number of hydrogen-bond acceptors (Lipinski definition) is 12. The summed E-state index contributed by atoms with van der Waals surface area (Å²) < 4.78 is 14.5. The average molecular weight is 512 g/mol. The number of ether oxygens (including phenoxy) is 2. The van der Waals surface area contributed by atoms with Crippen molar-refractivity contribution in [2.45, 2.75) is 55.6 Å². The van der Waals surface area contributed by atoms with Crippen molar-refractivity contribution in [3.8, 4) is 0 Å². The molecule has 2 saturated heterocycles. The Morgan fingerprint density at radius 3 is 1.75 bits per heavy atom. The lowest BCUT2D eigenvalue weighted by Gasteiger charge is -2.27. The molecule has 16 heteroatoms. The van der Waals surface area contributed by atoms with E-state index in [9.17, 15) is 40.2 Å². The lowest BCUT2D eigenvalue weighted by molar-refractivity contribution is -0.740. The number of rotatable bonds is 7. The van der Waals surface area contributed by atoms with Crippen molar-refractivity contribution < 1.29 is 49.2 Å². The fraction of sp³-hybridized carbons (Fsp3) is 0.550. The van der Waals surface area contributed by atoms with Gasteiger partial charge in [-0.3, -0.25) is 0 Å². The van der Waals surface area contributed by atoms with Gasteiger partial charge in [0.05, 0.1) is 19.4 Å². The molecule has 2 aromatic heterocycles. The van der Waals surface area contributed by atoms with Gasteiger partial charge in [-0.15, -0.1) is 0 Å². The molecule has 10 N–H and O–H groups in total. The minimum Gasteiger partial charge on any atom is -0.503 e. The molecule has 4 rings (SSSR count). The van der Waals surface area contributed by atoms with Gasteiger partial charge in [-0.2, -0.15) is 6.54 Å². The summed E-state index contributed by atoms with van der Waals surface area (Å²) in [5.74, 6) is -0.115. The van der Waals surface area contributed by atoms with E-state index < -0.39 is 80.2 Å². The van der Waals surface area contributed by atoms with Gasteiger partial charge in [0.25, 0.3) is 0 Å². The quantitative estimate of drug-likeness (QED) is 0.161. The third-order valence-corrected chi connectivity index (χ3v) is 6.22. The van der Waals surface area contributed by atoms with Gasteiger partial charge in [0, 0.05) is 24.6 Å². The largest absolute Gasteiger partial charge is 0.503 e. The lowest BCUT2D eigenvalue weighted by atomic mass is 10.1. The average Bonchev–Trinajstić information content (AvgIpc) is 3.30. The standard InChI is InChI=1S/C20H27N6O10/c21-11-1-3-25(17-15(31)13(29)9(7-27)35-17)19(33)23(11)5-6-24-12(22)2-4-26(20(24)34)18-16(32)14(30)10(8-28)36-18/h1-4,9-10,13-18,21,27-32H,5,7-8H2,(H2,22,34)/q-1/p+1/t9-,10-,13-,14-,15-,16-,17-,18-/m1/s1. The Morgan fingerprint density at radius 2 is 1.28 bits per heavy atom. The summed E-state index contributed by atoms with van der Waals surface area (Å²) in [5.41, 5.74) is 10.2. The van der Waals surface area contributed by atoms with E-state index in [-0.39, 0.29) is 11.6 Å². The van der Waals surface area contributed by atoms with Gasteiger partial charge in [0.1, 0.15) is 36.6 Å². The summed E-state index contributed by atoms with van der Waals surface area (Å²) in [4.78, 5) is 26.1. The Balaban J connectivity index is 1.61. The van der Waals surface area contributed by atoms with Crippen LogP contribution in [0.5, 0.6) is 0 Å². The summed E-state index contributed by atoms with van der Waals surface area (Å²) >= 11 is 0. The topological polar surface area (TPSA) is 244 Å². The van der Waals surface area contributed by atoms with Gasteiger partial charge < -0.3 is 65.5 Å². The number of aromatic nitrogens is 4. The molecule has 2 fully saturated rings. The zero-order valence-corrected chi connectivity index (χ0v) is 18.8. The zero-order chi connectivity index (χ0) is 26.3. The zero-order valence-electron chi connectivity index (χ0n) is 18.8. The highest BCUT2D eigenvalue weighted by atomic mass is 16.6. The second kappa shape index (κ2) is 10.1. The molecule has 198 valence electrons. The molecule has 0 spiro atoms. The van der Waals surface area contributed by atoms with E-state index in [0.29, 0.717) is 0 Å². The molecular weight excluding hydrogens is 484 g/mol. The Labute approximate surface area is 203 Å². The molecular formula is C20H28N6O10. The van der Waals surface area contributed by atoms with Gasteiger partial charge in [-0.1, -0.05) is 6.07 Å². The molecule has 0 radical (unpaired) electrons. The molecule has 2 aliphatic rings. The molecule has 16 nitrogen and oxygen atoms in total. The summed E-state index contributed by atoms with van der Waals surface area (Å²) in [5, 5.41) is 59.1. The summed E-state index contributed by atoms with van der Waals surface area (Å²) in [7, 11) is 0. The third kappa shape index (κ3) is 4.33. The fourth-order valence-electron chi connectivity index (χ4n) is 4.15. The molecule has 36 heavy (non-hydrogen) atoms. The minimum atomic E-state index is -1.51. The molecule has 0 saturated carbocycles. The van der Waals surface area contributed by atoms with Crippen molar-refractivity contribution >= 4 is 11.6 Å². The smallest absolute Gasteiger partial charge is 0.443 e. The van der Waals surface area contributed by atoms with E-state index in [1.165, 1.54) is 24.5 Å². The van der Waals surface area contributed by atoms with Crippen LogP contribution in [0, 0.1) is 6.54 Å². The fourth-order valence-corrected chi connectivity index (χ4v) is 4.15. The Bertz CT molecular complexity index is 1130. The molecule has 0 amide bonds.